The van der Waals surface area contributed by atoms with Crippen LogP contribution in [0.5, 0.6) is 0 Å². The molecule has 0 saturated carbocycles. The standard InChI is InChI=1S/C10H13ClFN3O/c1-6(4-10(13)15-16)14-9-5-7(11)2-3-8(9)12/h2-3,5-6,14,16H,4H2,1H3,(H2,13,15). The molecule has 1 aromatic rings. The van der Waals surface area contributed by atoms with Crippen molar-refractivity contribution in [2.24, 2.45) is 10.9 Å². The number of nitrogens with two attached hydrogens (primary N) is 1. The van der Waals surface area contributed by atoms with Gasteiger partial charge in [-0.2, -0.15) is 0 Å². The van der Waals surface area contributed by atoms with E-state index in [1.807, 2.05) is 0 Å². The topological polar surface area (TPSA) is 70.6 Å². The number of hydrogen-bond acceptors (Lipinski definition) is 3. The third-order valence-electron chi connectivity index (χ3n) is 1.97. The van der Waals surface area contributed by atoms with Crippen LogP contribution in [0, 0.1) is 5.82 Å². The minimum Gasteiger partial charge on any atom is -0.409 e. The molecule has 6 heteroatoms. The summed E-state index contributed by atoms with van der Waals surface area (Å²) < 4.78 is 13.3. The van der Waals surface area contributed by atoms with Crippen LogP contribution in [0.2, 0.25) is 5.02 Å². The Hall–Kier alpha value is -1.49. The molecule has 0 aliphatic rings. The van der Waals surface area contributed by atoms with E-state index in [0.29, 0.717) is 17.1 Å². The fraction of sp³-hybridized carbons (Fsp3) is 0.300. The molecule has 0 heterocycles. The minimum absolute atomic E-state index is 0.0856. The van der Waals surface area contributed by atoms with E-state index in [4.69, 9.17) is 22.5 Å². The van der Waals surface area contributed by atoms with Crippen molar-refractivity contribution in [1.82, 2.24) is 0 Å². The Morgan fingerprint density at radius 3 is 3.00 bits per heavy atom. The van der Waals surface area contributed by atoms with Crippen LogP contribution in [0.3, 0.4) is 0 Å². The Kier molecular flexibility index (Phi) is 4.37. The summed E-state index contributed by atoms with van der Waals surface area (Å²) in [6.45, 7) is 1.79. The van der Waals surface area contributed by atoms with Crippen LogP contribution in [-0.2, 0) is 0 Å². The van der Waals surface area contributed by atoms with E-state index in [-0.39, 0.29) is 11.9 Å². The largest absolute Gasteiger partial charge is 0.409 e. The van der Waals surface area contributed by atoms with Crippen molar-refractivity contribution >= 4 is 23.1 Å². The minimum atomic E-state index is -0.393. The van der Waals surface area contributed by atoms with Crippen molar-refractivity contribution in [2.75, 3.05) is 5.32 Å². The van der Waals surface area contributed by atoms with Crippen molar-refractivity contribution in [3.8, 4) is 0 Å². The van der Waals surface area contributed by atoms with Crippen LogP contribution >= 0.6 is 11.6 Å². The van der Waals surface area contributed by atoms with E-state index < -0.39 is 5.82 Å². The summed E-state index contributed by atoms with van der Waals surface area (Å²) in [5.74, 6) is -0.307. The maximum atomic E-state index is 13.3. The van der Waals surface area contributed by atoms with Crippen molar-refractivity contribution in [3.63, 3.8) is 0 Å². The van der Waals surface area contributed by atoms with Gasteiger partial charge >= 0.3 is 0 Å². The van der Waals surface area contributed by atoms with E-state index >= 15 is 0 Å². The molecule has 88 valence electrons. The third-order valence-corrected chi connectivity index (χ3v) is 2.21. The number of hydrogen-bond donors (Lipinski definition) is 3. The molecule has 0 fully saturated rings. The molecule has 1 unspecified atom stereocenters. The smallest absolute Gasteiger partial charge is 0.146 e. The molecule has 0 aliphatic heterocycles. The summed E-state index contributed by atoms with van der Waals surface area (Å²) >= 11 is 5.74. The number of benzene rings is 1. The fourth-order valence-corrected chi connectivity index (χ4v) is 1.45. The average molecular weight is 246 g/mol. The van der Waals surface area contributed by atoms with Gasteiger partial charge in [-0.05, 0) is 25.1 Å². The summed E-state index contributed by atoms with van der Waals surface area (Å²) in [5, 5.41) is 14.6. The van der Waals surface area contributed by atoms with Gasteiger partial charge in [-0.1, -0.05) is 16.8 Å². The first-order chi connectivity index (χ1) is 7.52. The van der Waals surface area contributed by atoms with Gasteiger partial charge in [0.25, 0.3) is 0 Å². The lowest BCUT2D eigenvalue weighted by Gasteiger charge is -2.15. The maximum Gasteiger partial charge on any atom is 0.146 e. The molecule has 1 atom stereocenters. The number of nitrogens with zero attached hydrogens (tertiary/aromatic N) is 1. The van der Waals surface area contributed by atoms with E-state index in [1.54, 1.807) is 6.92 Å². The second-order valence-corrected chi connectivity index (χ2v) is 3.90. The van der Waals surface area contributed by atoms with Gasteiger partial charge in [0.1, 0.15) is 11.7 Å². The second kappa shape index (κ2) is 5.55. The van der Waals surface area contributed by atoms with Crippen LogP contribution in [0.15, 0.2) is 23.4 Å². The molecule has 0 aliphatic carbocycles. The summed E-state index contributed by atoms with van der Waals surface area (Å²) in [6.07, 6.45) is 0.308. The van der Waals surface area contributed by atoms with E-state index in [2.05, 4.69) is 10.5 Å². The molecule has 1 rings (SSSR count). The lowest BCUT2D eigenvalue weighted by Crippen LogP contribution is -2.24. The Morgan fingerprint density at radius 1 is 1.69 bits per heavy atom. The molecule has 0 aromatic heterocycles. The number of oxime groups is 1. The molecule has 0 spiro atoms. The van der Waals surface area contributed by atoms with E-state index in [9.17, 15) is 4.39 Å². The molecule has 0 saturated heterocycles. The Balaban J connectivity index is 2.69. The Morgan fingerprint density at radius 2 is 2.38 bits per heavy atom. The first-order valence-electron chi connectivity index (χ1n) is 4.71. The molecular weight excluding hydrogens is 233 g/mol. The van der Waals surface area contributed by atoms with Crippen molar-refractivity contribution in [3.05, 3.63) is 29.0 Å². The second-order valence-electron chi connectivity index (χ2n) is 3.47. The van der Waals surface area contributed by atoms with Gasteiger partial charge in [-0.25, -0.2) is 4.39 Å². The zero-order valence-electron chi connectivity index (χ0n) is 8.74. The maximum absolute atomic E-state index is 13.3. The number of anilines is 1. The summed E-state index contributed by atoms with van der Waals surface area (Å²) in [7, 11) is 0. The van der Waals surface area contributed by atoms with Gasteiger partial charge in [0.05, 0.1) is 5.69 Å². The first kappa shape index (κ1) is 12.6. The third kappa shape index (κ3) is 3.58. The zero-order valence-corrected chi connectivity index (χ0v) is 9.50. The van der Waals surface area contributed by atoms with Gasteiger partial charge in [0.2, 0.25) is 0 Å². The van der Waals surface area contributed by atoms with Gasteiger partial charge in [-0.3, -0.25) is 0 Å². The van der Waals surface area contributed by atoms with Crippen LogP contribution in [0.25, 0.3) is 0 Å². The normalized spacial score (nSPS) is 13.6. The van der Waals surface area contributed by atoms with Crippen LogP contribution in [0.4, 0.5) is 10.1 Å². The predicted octanol–water partition coefficient (Wildman–Crippen LogP) is 2.42. The van der Waals surface area contributed by atoms with Gasteiger partial charge in [0, 0.05) is 17.5 Å². The van der Waals surface area contributed by atoms with Crippen molar-refractivity contribution in [2.45, 2.75) is 19.4 Å². The van der Waals surface area contributed by atoms with Crippen LogP contribution < -0.4 is 11.1 Å². The molecule has 0 bridgehead atoms. The Labute approximate surface area is 97.9 Å². The van der Waals surface area contributed by atoms with Crippen molar-refractivity contribution in [1.29, 1.82) is 0 Å². The van der Waals surface area contributed by atoms with Gasteiger partial charge in [-0.15, -0.1) is 0 Å². The summed E-state index contributed by atoms with van der Waals surface area (Å²) in [5.41, 5.74) is 5.63. The van der Waals surface area contributed by atoms with Gasteiger partial charge in [0.15, 0.2) is 0 Å². The molecule has 0 radical (unpaired) electrons. The van der Waals surface area contributed by atoms with E-state index in [1.165, 1.54) is 18.2 Å². The molecule has 4 nitrogen and oxygen atoms in total. The highest BCUT2D eigenvalue weighted by Gasteiger charge is 2.08. The number of amidine groups is 1. The highest BCUT2D eigenvalue weighted by molar-refractivity contribution is 6.30. The molecule has 16 heavy (non-hydrogen) atoms. The molecular formula is C10H13ClFN3O. The monoisotopic (exact) mass is 245 g/mol. The highest BCUT2D eigenvalue weighted by atomic mass is 35.5. The summed E-state index contributed by atoms with van der Waals surface area (Å²) in [4.78, 5) is 0. The quantitative estimate of drug-likeness (QED) is 0.330. The number of nitrogens with one attached hydrogen (secondary N) is 1. The number of halogens is 2. The van der Waals surface area contributed by atoms with Gasteiger partial charge < -0.3 is 16.3 Å². The molecule has 0 amide bonds. The fourth-order valence-electron chi connectivity index (χ4n) is 1.28. The molecule has 4 N–H and O–H groups in total. The predicted molar refractivity (Wildman–Crippen MR) is 62.5 cm³/mol. The molecule has 1 aromatic carbocycles. The zero-order chi connectivity index (χ0) is 12.1. The van der Waals surface area contributed by atoms with E-state index in [0.717, 1.165) is 0 Å². The first-order valence-corrected chi connectivity index (χ1v) is 5.08. The average Bonchev–Trinajstić information content (AvgIpc) is 2.23. The summed E-state index contributed by atoms with van der Waals surface area (Å²) in [6, 6.07) is 4.07. The van der Waals surface area contributed by atoms with Crippen LogP contribution in [0.1, 0.15) is 13.3 Å². The lowest BCUT2D eigenvalue weighted by atomic mass is 10.2. The number of rotatable bonds is 4. The SMILES string of the molecule is CC(CC(N)=NO)Nc1cc(Cl)ccc1F. The van der Waals surface area contributed by atoms with Crippen LogP contribution in [-0.4, -0.2) is 17.1 Å². The lowest BCUT2D eigenvalue weighted by molar-refractivity contribution is 0.316. The van der Waals surface area contributed by atoms with Crippen molar-refractivity contribution < 1.29 is 9.60 Å². The Bertz CT molecular complexity index is 398. The highest BCUT2D eigenvalue weighted by Crippen LogP contribution is 2.20.